The highest BCUT2D eigenvalue weighted by Crippen LogP contribution is 2.41. The highest BCUT2D eigenvalue weighted by molar-refractivity contribution is 5.84. The van der Waals surface area contributed by atoms with Gasteiger partial charge in [0.2, 0.25) is 11.6 Å². The number of unbranched alkanes of at least 4 members (excludes halogenated alkanes) is 1. The number of carboxylic acid groups (broad SMARTS) is 1. The Hall–Kier alpha value is -3.49. The summed E-state index contributed by atoms with van der Waals surface area (Å²) in [6.45, 7) is 2.07. The van der Waals surface area contributed by atoms with Crippen molar-refractivity contribution in [2.45, 2.75) is 45.1 Å². The van der Waals surface area contributed by atoms with Crippen molar-refractivity contribution in [3.63, 3.8) is 0 Å². The van der Waals surface area contributed by atoms with E-state index in [1.54, 1.807) is 4.40 Å². The van der Waals surface area contributed by atoms with E-state index in [-0.39, 0.29) is 30.0 Å². The molecule has 29 heavy (non-hydrogen) atoms. The quantitative estimate of drug-likeness (QED) is 0.559. The zero-order valence-electron chi connectivity index (χ0n) is 15.9. The van der Waals surface area contributed by atoms with E-state index >= 15 is 0 Å². The van der Waals surface area contributed by atoms with E-state index in [4.69, 9.17) is 5.11 Å². The molecule has 0 spiro atoms. The number of nitrogens with one attached hydrogen (secondary N) is 2. The van der Waals surface area contributed by atoms with E-state index in [0.29, 0.717) is 23.6 Å². The molecule has 4 rings (SSSR count). The van der Waals surface area contributed by atoms with Crippen molar-refractivity contribution in [2.75, 3.05) is 0 Å². The second-order valence-electron chi connectivity index (χ2n) is 7.07. The van der Waals surface area contributed by atoms with E-state index in [1.165, 1.54) is 0 Å². The number of aromatic amines is 1. The second-order valence-corrected chi connectivity index (χ2v) is 7.07. The first-order chi connectivity index (χ1) is 14.0. The normalized spacial score (nSPS) is 14.6. The Bertz CT molecular complexity index is 1160. The number of amides is 1. The largest absolute Gasteiger partial charge is 0.481 e. The summed E-state index contributed by atoms with van der Waals surface area (Å²) in [5.74, 6) is -0.732. The molecule has 1 aliphatic carbocycles. The van der Waals surface area contributed by atoms with Crippen molar-refractivity contribution in [2.24, 2.45) is 0 Å². The van der Waals surface area contributed by atoms with E-state index in [9.17, 15) is 14.4 Å². The number of aryl methyl sites for hydroxylation is 1. The standard InChI is InChI=1S/C20H21N5O4/c1-2-3-8-13-23-24-19-20(29)22-17-12-7-5-4-6-11(12)16(18(17)25(13)19)21-14(26)9-10-15(27)28/h4-7,16H,2-3,8-10H2,1H3,(H,21,26)(H,22,29)(H,27,28). The summed E-state index contributed by atoms with van der Waals surface area (Å²) in [7, 11) is 0. The summed E-state index contributed by atoms with van der Waals surface area (Å²) < 4.78 is 1.74. The molecular weight excluding hydrogens is 374 g/mol. The fraction of sp³-hybridized carbons (Fsp3) is 0.350. The zero-order valence-corrected chi connectivity index (χ0v) is 15.9. The highest BCUT2D eigenvalue weighted by Gasteiger charge is 2.34. The molecule has 0 radical (unpaired) electrons. The molecule has 150 valence electrons. The minimum Gasteiger partial charge on any atom is -0.481 e. The summed E-state index contributed by atoms with van der Waals surface area (Å²) in [6, 6.07) is 6.97. The number of carboxylic acids is 1. The zero-order chi connectivity index (χ0) is 20.5. The Morgan fingerprint density at radius 3 is 2.79 bits per heavy atom. The van der Waals surface area contributed by atoms with E-state index in [2.05, 4.69) is 27.4 Å². The maximum absolute atomic E-state index is 12.6. The third kappa shape index (κ3) is 3.28. The maximum atomic E-state index is 12.6. The number of aromatic nitrogens is 4. The molecule has 0 fully saturated rings. The molecule has 0 saturated carbocycles. The fourth-order valence-corrected chi connectivity index (χ4v) is 3.76. The van der Waals surface area contributed by atoms with E-state index in [1.807, 2.05) is 24.3 Å². The Kier molecular flexibility index (Phi) is 4.87. The number of fused-ring (bicyclic) bond motifs is 5. The lowest BCUT2D eigenvalue weighted by Gasteiger charge is -2.17. The van der Waals surface area contributed by atoms with Gasteiger partial charge in [0.25, 0.3) is 5.56 Å². The predicted octanol–water partition coefficient (Wildman–Crippen LogP) is 1.81. The molecule has 9 nitrogen and oxygen atoms in total. The van der Waals surface area contributed by atoms with Crippen LogP contribution in [0.1, 0.15) is 55.7 Å². The van der Waals surface area contributed by atoms with Crippen molar-refractivity contribution in [3.8, 4) is 11.3 Å². The van der Waals surface area contributed by atoms with Gasteiger partial charge in [0.05, 0.1) is 23.9 Å². The van der Waals surface area contributed by atoms with Crippen molar-refractivity contribution >= 4 is 17.5 Å². The molecule has 1 atom stereocenters. The van der Waals surface area contributed by atoms with Crippen LogP contribution < -0.4 is 10.9 Å². The van der Waals surface area contributed by atoms with Crippen molar-refractivity contribution in [1.29, 1.82) is 0 Å². The lowest BCUT2D eigenvalue weighted by Crippen LogP contribution is -2.30. The number of H-pyrrole nitrogens is 1. The Balaban J connectivity index is 1.86. The molecule has 0 saturated heterocycles. The summed E-state index contributed by atoms with van der Waals surface area (Å²) in [5, 5.41) is 20.1. The lowest BCUT2D eigenvalue weighted by atomic mass is 10.1. The van der Waals surface area contributed by atoms with Crippen LogP contribution in [0.5, 0.6) is 0 Å². The molecule has 1 aromatic carbocycles. The molecule has 0 bridgehead atoms. The maximum Gasteiger partial charge on any atom is 0.303 e. The molecule has 3 N–H and O–H groups in total. The average molecular weight is 395 g/mol. The second kappa shape index (κ2) is 7.50. The topological polar surface area (TPSA) is 129 Å². The summed E-state index contributed by atoms with van der Waals surface area (Å²) in [4.78, 5) is 38.8. The molecule has 0 aliphatic heterocycles. The third-order valence-corrected chi connectivity index (χ3v) is 5.11. The molecule has 1 unspecified atom stereocenters. The van der Waals surface area contributed by atoms with Gasteiger partial charge in [-0.15, -0.1) is 10.2 Å². The van der Waals surface area contributed by atoms with E-state index in [0.717, 1.165) is 24.0 Å². The number of aliphatic carboxylic acids is 1. The first-order valence-corrected chi connectivity index (χ1v) is 9.62. The predicted molar refractivity (Wildman–Crippen MR) is 105 cm³/mol. The van der Waals surface area contributed by atoms with Crippen LogP contribution in [-0.2, 0) is 16.0 Å². The Labute approximate surface area is 165 Å². The lowest BCUT2D eigenvalue weighted by molar-refractivity contribution is -0.138. The van der Waals surface area contributed by atoms with Gasteiger partial charge in [0.1, 0.15) is 5.82 Å². The Morgan fingerprint density at radius 2 is 2.03 bits per heavy atom. The van der Waals surface area contributed by atoms with Crippen molar-refractivity contribution in [3.05, 3.63) is 51.7 Å². The van der Waals surface area contributed by atoms with Crippen LogP contribution in [0, 0.1) is 0 Å². The third-order valence-electron chi connectivity index (χ3n) is 5.11. The van der Waals surface area contributed by atoms with Gasteiger partial charge in [0.15, 0.2) is 0 Å². The smallest absolute Gasteiger partial charge is 0.303 e. The first-order valence-electron chi connectivity index (χ1n) is 9.62. The fourth-order valence-electron chi connectivity index (χ4n) is 3.76. The van der Waals surface area contributed by atoms with Gasteiger partial charge >= 0.3 is 5.97 Å². The van der Waals surface area contributed by atoms with Crippen LogP contribution in [0.3, 0.4) is 0 Å². The molecule has 3 aromatic rings. The molecule has 2 aromatic heterocycles. The molecule has 2 heterocycles. The minimum absolute atomic E-state index is 0.124. The SMILES string of the molecule is CCCCc1nnc2c(=O)[nH]c3c(n12)C(NC(=O)CCC(=O)O)c1ccccc1-3. The minimum atomic E-state index is -1.03. The number of carbonyl (C=O) groups is 2. The first kappa shape index (κ1) is 18.9. The number of rotatable bonds is 7. The van der Waals surface area contributed by atoms with Gasteiger partial charge in [-0.3, -0.25) is 18.8 Å². The molecule has 9 heteroatoms. The summed E-state index contributed by atoms with van der Waals surface area (Å²) in [5.41, 5.74) is 2.82. The number of hydrogen-bond acceptors (Lipinski definition) is 5. The van der Waals surface area contributed by atoms with E-state index < -0.39 is 12.0 Å². The molecular formula is C20H21N5O4. The van der Waals surface area contributed by atoms with Gasteiger partial charge in [-0.25, -0.2) is 0 Å². The van der Waals surface area contributed by atoms with Crippen molar-refractivity contribution < 1.29 is 14.7 Å². The average Bonchev–Trinajstić information content (AvgIpc) is 3.25. The van der Waals surface area contributed by atoms with Crippen LogP contribution in [-0.4, -0.2) is 36.6 Å². The van der Waals surface area contributed by atoms with Gasteiger partial charge in [-0.1, -0.05) is 37.6 Å². The number of carbonyl (C=O) groups excluding carboxylic acids is 1. The van der Waals surface area contributed by atoms with Crippen LogP contribution in [0.2, 0.25) is 0 Å². The van der Waals surface area contributed by atoms with Crippen LogP contribution in [0.4, 0.5) is 0 Å². The summed E-state index contributed by atoms with van der Waals surface area (Å²) in [6.07, 6.45) is 2.15. The number of nitrogens with zero attached hydrogens (tertiary/aromatic N) is 3. The monoisotopic (exact) mass is 395 g/mol. The number of benzene rings is 1. The highest BCUT2D eigenvalue weighted by atomic mass is 16.4. The summed E-state index contributed by atoms with van der Waals surface area (Å²) >= 11 is 0. The Morgan fingerprint density at radius 1 is 1.24 bits per heavy atom. The van der Waals surface area contributed by atoms with Crippen LogP contribution in [0.25, 0.3) is 16.9 Å². The van der Waals surface area contributed by atoms with Gasteiger partial charge in [0, 0.05) is 18.4 Å². The molecule has 1 aliphatic rings. The van der Waals surface area contributed by atoms with Gasteiger partial charge < -0.3 is 15.4 Å². The van der Waals surface area contributed by atoms with Gasteiger partial charge in [-0.2, -0.15) is 0 Å². The number of hydrogen-bond donors (Lipinski definition) is 3. The van der Waals surface area contributed by atoms with Crippen LogP contribution in [0.15, 0.2) is 29.1 Å². The molecule has 1 amide bonds. The van der Waals surface area contributed by atoms with Gasteiger partial charge in [-0.05, 0) is 12.0 Å². The van der Waals surface area contributed by atoms with Crippen molar-refractivity contribution in [1.82, 2.24) is 24.9 Å². The van der Waals surface area contributed by atoms with Crippen LogP contribution >= 0.6 is 0 Å².